The summed E-state index contributed by atoms with van der Waals surface area (Å²) in [4.78, 5) is 2.26. The second-order valence-corrected chi connectivity index (χ2v) is 6.02. The maximum Gasteiger partial charge on any atom is 0.170 e. The van der Waals surface area contributed by atoms with E-state index in [-0.39, 0.29) is 5.84 Å². The first-order valence-electron chi connectivity index (χ1n) is 5.62. The van der Waals surface area contributed by atoms with Gasteiger partial charge in [0.25, 0.3) is 0 Å². The molecule has 0 spiro atoms. The number of nitrogens with two attached hydrogens (primary N) is 1. The zero-order valence-corrected chi connectivity index (χ0v) is 12.7. The lowest BCUT2D eigenvalue weighted by atomic mass is 10.2. The van der Waals surface area contributed by atoms with Gasteiger partial charge in [-0.15, -0.1) is 0 Å². The first-order chi connectivity index (χ1) is 9.10. The zero-order chi connectivity index (χ0) is 13.8. The summed E-state index contributed by atoms with van der Waals surface area (Å²) < 4.78 is 0.920. The molecule has 0 amide bonds. The summed E-state index contributed by atoms with van der Waals surface area (Å²) in [7, 11) is 0. The molecule has 19 heavy (non-hydrogen) atoms. The predicted octanol–water partition coefficient (Wildman–Crippen LogP) is 4.00. The van der Waals surface area contributed by atoms with Gasteiger partial charge in [-0.1, -0.05) is 34.6 Å². The van der Waals surface area contributed by atoms with E-state index in [2.05, 4.69) is 46.2 Å². The van der Waals surface area contributed by atoms with E-state index < -0.39 is 0 Å². The molecule has 5 heteroatoms. The summed E-state index contributed by atoms with van der Waals surface area (Å²) in [6.07, 6.45) is 0. The van der Waals surface area contributed by atoms with E-state index in [4.69, 9.17) is 10.9 Å². The molecule has 0 aliphatic rings. The van der Waals surface area contributed by atoms with Gasteiger partial charge in [-0.3, -0.25) is 0 Å². The Balaban J connectivity index is 2.27. The van der Waals surface area contributed by atoms with Crippen molar-refractivity contribution in [1.29, 1.82) is 0 Å². The van der Waals surface area contributed by atoms with E-state index in [1.54, 1.807) is 11.8 Å². The molecule has 0 fully saturated rings. The highest BCUT2D eigenvalue weighted by molar-refractivity contribution is 9.10. The number of benzene rings is 2. The maximum atomic E-state index is 8.66. The molecule has 0 aliphatic heterocycles. The topological polar surface area (TPSA) is 58.6 Å². The van der Waals surface area contributed by atoms with Crippen molar-refractivity contribution >= 4 is 33.5 Å². The molecule has 98 valence electrons. The summed E-state index contributed by atoms with van der Waals surface area (Å²) in [5, 5.41) is 11.6. The SMILES string of the molecule is Cc1cccc(Sc2ccc(/C(N)=N/O)cc2Br)c1. The van der Waals surface area contributed by atoms with Crippen molar-refractivity contribution in [2.75, 3.05) is 0 Å². The van der Waals surface area contributed by atoms with Gasteiger partial charge in [0.1, 0.15) is 0 Å². The minimum Gasteiger partial charge on any atom is -0.409 e. The van der Waals surface area contributed by atoms with Crippen LogP contribution in [0.4, 0.5) is 0 Å². The number of oxime groups is 1. The Bertz CT molecular complexity index is 629. The van der Waals surface area contributed by atoms with Gasteiger partial charge in [0, 0.05) is 19.8 Å². The minimum absolute atomic E-state index is 0.104. The molecule has 3 nitrogen and oxygen atoms in total. The molecule has 2 aromatic carbocycles. The zero-order valence-electron chi connectivity index (χ0n) is 10.3. The fourth-order valence-corrected chi connectivity index (χ4v) is 3.17. The molecule has 2 aromatic rings. The Kier molecular flexibility index (Phi) is 4.50. The normalized spacial score (nSPS) is 11.6. The van der Waals surface area contributed by atoms with Crippen molar-refractivity contribution in [3.8, 4) is 0 Å². The van der Waals surface area contributed by atoms with E-state index in [1.807, 2.05) is 24.3 Å². The molecule has 0 saturated carbocycles. The van der Waals surface area contributed by atoms with Gasteiger partial charge in [-0.05, 0) is 53.2 Å². The van der Waals surface area contributed by atoms with Crippen LogP contribution in [-0.4, -0.2) is 11.0 Å². The summed E-state index contributed by atoms with van der Waals surface area (Å²) in [6, 6.07) is 13.9. The van der Waals surface area contributed by atoms with Gasteiger partial charge < -0.3 is 10.9 Å². The van der Waals surface area contributed by atoms with Crippen molar-refractivity contribution in [3.05, 3.63) is 58.1 Å². The molecule has 0 saturated heterocycles. The Morgan fingerprint density at radius 3 is 2.68 bits per heavy atom. The van der Waals surface area contributed by atoms with Crippen molar-refractivity contribution in [3.63, 3.8) is 0 Å². The van der Waals surface area contributed by atoms with Crippen LogP contribution in [-0.2, 0) is 0 Å². The van der Waals surface area contributed by atoms with Crippen LogP contribution in [0.2, 0.25) is 0 Å². The molecule has 0 aliphatic carbocycles. The van der Waals surface area contributed by atoms with Crippen LogP contribution < -0.4 is 5.73 Å². The molecule has 0 bridgehead atoms. The van der Waals surface area contributed by atoms with Crippen LogP contribution in [0.5, 0.6) is 0 Å². The molecular formula is C14H13BrN2OS. The Hall–Kier alpha value is -1.46. The lowest BCUT2D eigenvalue weighted by molar-refractivity contribution is 0.318. The lowest BCUT2D eigenvalue weighted by Gasteiger charge is -2.07. The monoisotopic (exact) mass is 336 g/mol. The summed E-state index contributed by atoms with van der Waals surface area (Å²) >= 11 is 5.17. The number of hydrogen-bond acceptors (Lipinski definition) is 3. The van der Waals surface area contributed by atoms with Crippen LogP contribution in [0.25, 0.3) is 0 Å². The first-order valence-corrected chi connectivity index (χ1v) is 7.23. The first kappa shape index (κ1) is 14.0. The van der Waals surface area contributed by atoms with Gasteiger partial charge >= 0.3 is 0 Å². The van der Waals surface area contributed by atoms with Gasteiger partial charge in [0.05, 0.1) is 0 Å². The third-order valence-electron chi connectivity index (χ3n) is 2.55. The van der Waals surface area contributed by atoms with Gasteiger partial charge in [-0.2, -0.15) is 0 Å². The average molecular weight is 337 g/mol. The number of halogens is 1. The molecule has 2 rings (SSSR count). The number of amidine groups is 1. The second kappa shape index (κ2) is 6.12. The lowest BCUT2D eigenvalue weighted by Crippen LogP contribution is -2.12. The second-order valence-electron chi connectivity index (χ2n) is 4.05. The average Bonchev–Trinajstić information content (AvgIpc) is 2.40. The Morgan fingerprint density at radius 2 is 2.05 bits per heavy atom. The van der Waals surface area contributed by atoms with Crippen molar-refractivity contribution in [1.82, 2.24) is 0 Å². The summed E-state index contributed by atoms with van der Waals surface area (Å²) in [6.45, 7) is 2.07. The largest absolute Gasteiger partial charge is 0.409 e. The van der Waals surface area contributed by atoms with Crippen LogP contribution in [0.1, 0.15) is 11.1 Å². The molecule has 3 N–H and O–H groups in total. The predicted molar refractivity (Wildman–Crippen MR) is 82.0 cm³/mol. The van der Waals surface area contributed by atoms with E-state index in [9.17, 15) is 0 Å². The number of rotatable bonds is 3. The van der Waals surface area contributed by atoms with Crippen molar-refractivity contribution in [2.45, 2.75) is 16.7 Å². The standard InChI is InChI=1S/C14H13BrN2OS/c1-9-3-2-4-11(7-9)19-13-6-5-10(8-12(13)15)14(16)17-18/h2-8,18H,1H3,(H2,16,17). The number of nitrogens with zero attached hydrogens (tertiary/aromatic N) is 1. The van der Waals surface area contributed by atoms with Gasteiger partial charge in [0.15, 0.2) is 5.84 Å². The number of aryl methyl sites for hydroxylation is 1. The highest BCUT2D eigenvalue weighted by Gasteiger charge is 2.06. The third kappa shape index (κ3) is 3.52. The van der Waals surface area contributed by atoms with E-state index in [0.717, 1.165) is 9.37 Å². The highest BCUT2D eigenvalue weighted by atomic mass is 79.9. The summed E-state index contributed by atoms with van der Waals surface area (Å²) in [5.41, 5.74) is 7.47. The van der Waals surface area contributed by atoms with Crippen LogP contribution in [0.3, 0.4) is 0 Å². The molecular weight excluding hydrogens is 324 g/mol. The molecule has 0 aromatic heterocycles. The van der Waals surface area contributed by atoms with Crippen LogP contribution in [0, 0.1) is 6.92 Å². The molecule has 0 unspecified atom stereocenters. The molecule has 0 radical (unpaired) electrons. The Morgan fingerprint density at radius 1 is 1.26 bits per heavy atom. The Labute approximate surface area is 124 Å². The van der Waals surface area contributed by atoms with Crippen LogP contribution in [0.15, 0.2) is 61.9 Å². The van der Waals surface area contributed by atoms with E-state index in [0.29, 0.717) is 5.56 Å². The van der Waals surface area contributed by atoms with Gasteiger partial charge in [0.2, 0.25) is 0 Å². The summed E-state index contributed by atoms with van der Waals surface area (Å²) in [5.74, 6) is 0.104. The highest BCUT2D eigenvalue weighted by Crippen LogP contribution is 2.34. The fraction of sp³-hybridized carbons (Fsp3) is 0.0714. The fourth-order valence-electron chi connectivity index (χ4n) is 1.61. The number of hydrogen-bond donors (Lipinski definition) is 2. The van der Waals surface area contributed by atoms with Crippen LogP contribution >= 0.6 is 27.7 Å². The molecule has 0 atom stereocenters. The van der Waals surface area contributed by atoms with Gasteiger partial charge in [-0.25, -0.2) is 0 Å². The smallest absolute Gasteiger partial charge is 0.170 e. The third-order valence-corrected chi connectivity index (χ3v) is 4.54. The van der Waals surface area contributed by atoms with E-state index in [1.165, 1.54) is 10.5 Å². The molecule has 0 heterocycles. The quantitative estimate of drug-likeness (QED) is 0.385. The van der Waals surface area contributed by atoms with Crippen molar-refractivity contribution in [2.24, 2.45) is 10.9 Å². The van der Waals surface area contributed by atoms with Crippen molar-refractivity contribution < 1.29 is 5.21 Å². The van der Waals surface area contributed by atoms with E-state index >= 15 is 0 Å². The minimum atomic E-state index is 0.104. The maximum absolute atomic E-state index is 8.66.